The number of amides is 2. The molecular formula is C52H48BBrF6N8O4S2. The van der Waals surface area contributed by atoms with E-state index in [2.05, 4.69) is 53.0 Å². The Labute approximate surface area is 440 Å². The van der Waals surface area contributed by atoms with Crippen molar-refractivity contribution >= 4 is 63.1 Å². The number of alkyl halides is 6. The first kappa shape index (κ1) is 56.7. The van der Waals surface area contributed by atoms with Crippen LogP contribution in [0.4, 0.5) is 26.3 Å². The monoisotopic (exact) mass is 1120 g/mol. The van der Waals surface area contributed by atoms with Crippen LogP contribution in [-0.4, -0.2) is 49.4 Å². The molecule has 12 nitrogen and oxygen atoms in total. The molecule has 0 radical (unpaired) electrons. The largest absolute Gasteiger partial charge is 0.483 e. The second-order valence-electron chi connectivity index (χ2n) is 17.3. The molecule has 4 aromatic carbocycles. The third kappa shape index (κ3) is 16.7. The van der Waals surface area contributed by atoms with E-state index in [-0.39, 0.29) is 21.9 Å². The summed E-state index contributed by atoms with van der Waals surface area (Å²) in [4.78, 5) is 23.5. The maximum atomic E-state index is 13.7. The van der Waals surface area contributed by atoms with Crippen molar-refractivity contribution in [3.8, 4) is 33.3 Å². The van der Waals surface area contributed by atoms with Crippen molar-refractivity contribution in [1.82, 2.24) is 31.0 Å². The van der Waals surface area contributed by atoms with Crippen LogP contribution in [0.3, 0.4) is 0 Å². The molecule has 384 valence electrons. The summed E-state index contributed by atoms with van der Waals surface area (Å²) < 4.78 is 80.7. The van der Waals surface area contributed by atoms with Gasteiger partial charge in [0.1, 0.15) is 20.0 Å². The minimum atomic E-state index is -4.49. The molecule has 0 spiro atoms. The fourth-order valence-electron chi connectivity index (χ4n) is 7.95. The molecule has 2 amide bonds. The van der Waals surface area contributed by atoms with Gasteiger partial charge in [0.2, 0.25) is 11.8 Å². The van der Waals surface area contributed by atoms with Gasteiger partial charge in [0, 0.05) is 29.4 Å². The van der Waals surface area contributed by atoms with Gasteiger partial charge in [-0.25, -0.2) is 0 Å². The van der Waals surface area contributed by atoms with Crippen molar-refractivity contribution in [2.45, 2.75) is 102 Å². The Morgan fingerprint density at radius 1 is 0.649 bits per heavy atom. The van der Waals surface area contributed by atoms with Crippen LogP contribution in [0.15, 0.2) is 107 Å². The summed E-state index contributed by atoms with van der Waals surface area (Å²) in [7, 11) is -1.20. The Balaban J connectivity index is 0.000000208. The third-order valence-corrected chi connectivity index (χ3v) is 14.2. The highest BCUT2D eigenvalue weighted by atomic mass is 79.9. The lowest BCUT2D eigenvalue weighted by Gasteiger charge is -2.16. The Bertz CT molecular complexity index is 3060. The van der Waals surface area contributed by atoms with E-state index in [1.54, 1.807) is 54.6 Å². The molecule has 0 saturated carbocycles. The summed E-state index contributed by atoms with van der Waals surface area (Å²) in [6.07, 6.45) is 3.52. The van der Waals surface area contributed by atoms with E-state index in [4.69, 9.17) is 20.6 Å². The molecule has 6 aromatic rings. The molecule has 0 bridgehead atoms. The molecule has 74 heavy (non-hydrogen) atoms. The Kier molecular flexibility index (Phi) is 20.0. The number of nitrogens with one attached hydrogen (secondary N) is 2. The maximum absolute atomic E-state index is 13.7. The van der Waals surface area contributed by atoms with Crippen LogP contribution in [0.5, 0.6) is 0 Å². The number of nitrogens with zero attached hydrogens (tertiary/aromatic N) is 6. The average Bonchev–Trinajstić information content (AvgIpc) is 4.09. The number of carbonyl (C=O) groups excluding carboxylic acids is 2. The van der Waals surface area contributed by atoms with Gasteiger partial charge in [-0.1, -0.05) is 75.0 Å². The first-order valence-corrected chi connectivity index (χ1v) is 25.7. The number of allylic oxidation sites excluding steroid dienone is 4. The lowest BCUT2D eigenvalue weighted by atomic mass is 9.74. The third-order valence-electron chi connectivity index (χ3n) is 11.6. The molecule has 0 fully saturated rings. The van der Waals surface area contributed by atoms with Gasteiger partial charge in [-0.2, -0.15) is 36.9 Å². The lowest BCUT2D eigenvalue weighted by molar-refractivity contribution is -0.138. The standard InChI is InChI=1S/C26H23F3N4OS.C20H14BrF3N4OS.C6H11BO2/c1-16(34)31-23(11-17-7-9-18(15-30)10-8-17)25-33-32-24(35-25)21-12-20(19-5-3-2-4-6-19)13-22(14-21)26(27,28)29;1-11(29)26-17(6-12-2-4-13(10-25)5-3-12)19-28-27-18(30-19)14-7-15(20(22,23)24)9-16(21)8-14;8-7(9)6-4-2-1-3-5-6/h5,7-10,12-14,23H,2-4,6,11H2,1H3,(H,31,34);2-5,7-9,17H,6H2,1H3,(H,26,29);4,8-9H,1-3,5H2/t23-;17-;/m00./s1. The zero-order chi connectivity index (χ0) is 53.6. The highest BCUT2D eigenvalue weighted by Gasteiger charge is 2.33. The fourth-order valence-corrected chi connectivity index (χ4v) is 10.2. The molecule has 2 heterocycles. The van der Waals surface area contributed by atoms with Crippen molar-refractivity contribution in [2.24, 2.45) is 0 Å². The summed E-state index contributed by atoms with van der Waals surface area (Å²) >= 11 is 5.38. The number of hydrogen-bond acceptors (Lipinski definition) is 12. The predicted molar refractivity (Wildman–Crippen MR) is 274 cm³/mol. The molecule has 0 unspecified atom stereocenters. The van der Waals surface area contributed by atoms with Crippen molar-refractivity contribution in [3.05, 3.63) is 156 Å². The predicted octanol–water partition coefficient (Wildman–Crippen LogP) is 12.2. The summed E-state index contributed by atoms with van der Waals surface area (Å²) in [5, 5.41) is 59.1. The van der Waals surface area contributed by atoms with Gasteiger partial charge in [0.05, 0.1) is 46.5 Å². The SMILES string of the molecule is CC(=O)N[C@@H](Cc1ccc(C#N)cc1)c1nnc(-c2cc(Br)cc(C(F)(F)F)c2)s1.CC(=O)N[C@@H](Cc1ccc(C#N)cc1)c1nnc(-c2cc(C3=CCCCC3)cc(C(F)(F)F)c2)s1.OB(O)C1=CCCCC1. The number of rotatable bonds is 12. The molecule has 2 atom stereocenters. The normalized spacial score (nSPS) is 14.2. The molecule has 2 aliphatic rings. The number of carbonyl (C=O) groups is 2. The van der Waals surface area contributed by atoms with Gasteiger partial charge in [-0.15, -0.1) is 20.4 Å². The number of hydrogen-bond donors (Lipinski definition) is 4. The van der Waals surface area contributed by atoms with Crippen molar-refractivity contribution in [2.75, 3.05) is 0 Å². The number of aromatic nitrogens is 4. The van der Waals surface area contributed by atoms with Crippen LogP contribution in [0.2, 0.25) is 0 Å². The fraction of sp³-hybridized carbons (Fsp3) is 0.308. The summed E-state index contributed by atoms with van der Waals surface area (Å²) in [6, 6.07) is 24.6. The highest BCUT2D eigenvalue weighted by Crippen LogP contribution is 2.40. The first-order valence-electron chi connectivity index (χ1n) is 23.2. The van der Waals surface area contributed by atoms with Crippen LogP contribution in [0.25, 0.3) is 26.7 Å². The van der Waals surface area contributed by atoms with Gasteiger partial charge in [0.25, 0.3) is 0 Å². The Morgan fingerprint density at radius 2 is 1.09 bits per heavy atom. The zero-order valence-electron chi connectivity index (χ0n) is 39.9. The van der Waals surface area contributed by atoms with E-state index in [0.29, 0.717) is 55.1 Å². The van der Waals surface area contributed by atoms with Gasteiger partial charge in [-0.3, -0.25) is 9.59 Å². The van der Waals surface area contributed by atoms with Crippen LogP contribution in [0, 0.1) is 22.7 Å². The van der Waals surface area contributed by atoms with Crippen LogP contribution < -0.4 is 10.6 Å². The minimum absolute atomic E-state index is 0.258. The Hall–Kier alpha value is -6.56. The van der Waals surface area contributed by atoms with E-state index < -0.39 is 42.7 Å². The molecule has 4 N–H and O–H groups in total. The second kappa shape index (κ2) is 26.1. The van der Waals surface area contributed by atoms with Crippen molar-refractivity contribution in [1.29, 1.82) is 10.5 Å². The number of halogens is 7. The van der Waals surface area contributed by atoms with Gasteiger partial charge in [0.15, 0.2) is 0 Å². The maximum Gasteiger partial charge on any atom is 0.483 e. The summed E-state index contributed by atoms with van der Waals surface area (Å²) in [6.45, 7) is 2.77. The van der Waals surface area contributed by atoms with E-state index in [1.165, 1.54) is 32.4 Å². The average molecular weight is 1120 g/mol. The topological polar surface area (TPSA) is 198 Å². The summed E-state index contributed by atoms with van der Waals surface area (Å²) in [5.74, 6) is -0.529. The van der Waals surface area contributed by atoms with Crippen LogP contribution in [0.1, 0.15) is 126 Å². The van der Waals surface area contributed by atoms with Crippen LogP contribution >= 0.6 is 38.6 Å². The van der Waals surface area contributed by atoms with E-state index in [0.717, 1.165) is 108 Å². The number of benzene rings is 4. The molecule has 8 rings (SSSR count). The second-order valence-corrected chi connectivity index (χ2v) is 20.3. The molecule has 22 heteroatoms. The molecular weight excluding hydrogens is 1070 g/mol. The molecule has 2 aromatic heterocycles. The zero-order valence-corrected chi connectivity index (χ0v) is 43.1. The van der Waals surface area contributed by atoms with Crippen molar-refractivity contribution in [3.63, 3.8) is 0 Å². The quantitative estimate of drug-likeness (QED) is 0.0676. The van der Waals surface area contributed by atoms with Gasteiger partial charge >= 0.3 is 19.5 Å². The van der Waals surface area contributed by atoms with E-state index in [1.807, 2.05) is 18.2 Å². The molecule has 0 saturated heterocycles. The minimum Gasteiger partial charge on any atom is -0.423 e. The molecule has 0 aliphatic heterocycles. The van der Waals surface area contributed by atoms with E-state index in [9.17, 15) is 35.9 Å². The van der Waals surface area contributed by atoms with Crippen molar-refractivity contribution < 1.29 is 46.0 Å². The first-order chi connectivity index (χ1) is 35.2. The Morgan fingerprint density at radius 3 is 1.49 bits per heavy atom. The van der Waals surface area contributed by atoms with Gasteiger partial charge in [-0.05, 0) is 153 Å². The van der Waals surface area contributed by atoms with Crippen LogP contribution in [-0.2, 0) is 34.8 Å². The highest BCUT2D eigenvalue weighted by molar-refractivity contribution is 9.10. The van der Waals surface area contributed by atoms with E-state index >= 15 is 0 Å². The van der Waals surface area contributed by atoms with Gasteiger partial charge < -0.3 is 20.7 Å². The molecule has 2 aliphatic carbocycles. The number of nitriles is 2. The summed E-state index contributed by atoms with van der Waals surface area (Å²) in [5.41, 5.74) is 4.18. The lowest BCUT2D eigenvalue weighted by Crippen LogP contribution is -2.27. The smallest absolute Gasteiger partial charge is 0.423 e.